The minimum Gasteiger partial charge on any atom is -0.456 e. The Morgan fingerprint density at radius 1 is 0.490 bits per heavy atom. The SMILES string of the molecule is CC1(C)c2cc3ccccc3cc2-c2c(-c3cccc(/C=C/Cc4cccc(-c5ccc6oc7cc8ccccc8cc7c6c5)c4)c3)cccc21. The third-order valence-corrected chi connectivity index (χ3v) is 11.0. The van der Waals surface area contributed by atoms with Crippen molar-refractivity contribution in [2.24, 2.45) is 0 Å². The average molecular weight is 653 g/mol. The number of hydrogen-bond donors (Lipinski definition) is 0. The first kappa shape index (κ1) is 29.7. The summed E-state index contributed by atoms with van der Waals surface area (Å²) in [7, 11) is 0. The summed E-state index contributed by atoms with van der Waals surface area (Å²) in [6.07, 6.45) is 5.41. The van der Waals surface area contributed by atoms with E-state index in [1.807, 2.05) is 0 Å². The Kier molecular flexibility index (Phi) is 6.66. The Morgan fingerprint density at radius 3 is 2.02 bits per heavy atom. The number of rotatable bonds is 5. The highest BCUT2D eigenvalue weighted by Crippen LogP contribution is 2.53. The van der Waals surface area contributed by atoms with E-state index in [-0.39, 0.29) is 5.41 Å². The van der Waals surface area contributed by atoms with E-state index in [1.54, 1.807) is 0 Å². The van der Waals surface area contributed by atoms with E-state index in [4.69, 9.17) is 4.42 Å². The van der Waals surface area contributed by atoms with Gasteiger partial charge < -0.3 is 4.42 Å². The Hall–Kier alpha value is -6.18. The van der Waals surface area contributed by atoms with Crippen LogP contribution in [0, 0.1) is 0 Å². The molecule has 0 aliphatic heterocycles. The Balaban J connectivity index is 0.940. The minimum absolute atomic E-state index is 0.0519. The van der Waals surface area contributed by atoms with Crippen LogP contribution in [-0.4, -0.2) is 0 Å². The summed E-state index contributed by atoms with van der Waals surface area (Å²) >= 11 is 0. The molecule has 0 spiro atoms. The standard InChI is InChI=1S/C50H36O/c1-50(2)45-22-10-21-41(49(45)44-29-36-16-3-5-17-37(36)30-46(44)50)40-20-9-14-33(26-40)12-7-11-32-13-8-19-34(25-32)39-23-24-47-42(28-39)43-27-35-15-4-6-18-38(35)31-48(43)51-47/h3-10,12-31H,11H2,1-2H3/b12-7+. The summed E-state index contributed by atoms with van der Waals surface area (Å²) in [5.74, 6) is 0. The van der Waals surface area contributed by atoms with Crippen molar-refractivity contribution in [2.75, 3.05) is 0 Å². The minimum atomic E-state index is -0.0519. The molecule has 0 atom stereocenters. The van der Waals surface area contributed by atoms with Gasteiger partial charge in [0.05, 0.1) is 0 Å². The van der Waals surface area contributed by atoms with Gasteiger partial charge in [0.2, 0.25) is 0 Å². The molecule has 0 bridgehead atoms. The van der Waals surface area contributed by atoms with E-state index in [1.165, 1.54) is 77.2 Å². The molecule has 0 saturated carbocycles. The third kappa shape index (κ3) is 4.92. The molecule has 1 aliphatic rings. The fourth-order valence-electron chi connectivity index (χ4n) is 8.37. The predicted molar refractivity (Wildman–Crippen MR) is 216 cm³/mol. The van der Waals surface area contributed by atoms with Crippen LogP contribution < -0.4 is 0 Å². The van der Waals surface area contributed by atoms with Crippen molar-refractivity contribution in [1.29, 1.82) is 0 Å². The van der Waals surface area contributed by atoms with E-state index in [0.717, 1.165) is 28.4 Å². The smallest absolute Gasteiger partial charge is 0.136 e. The van der Waals surface area contributed by atoms with Gasteiger partial charge in [-0.3, -0.25) is 0 Å². The van der Waals surface area contributed by atoms with Gasteiger partial charge in [0, 0.05) is 16.2 Å². The number of allylic oxidation sites excluding steroid dienone is 1. The van der Waals surface area contributed by atoms with Crippen LogP contribution in [-0.2, 0) is 11.8 Å². The first-order valence-corrected chi connectivity index (χ1v) is 17.9. The van der Waals surface area contributed by atoms with Crippen molar-refractivity contribution in [2.45, 2.75) is 25.7 Å². The van der Waals surface area contributed by atoms with Crippen molar-refractivity contribution < 1.29 is 4.42 Å². The van der Waals surface area contributed by atoms with Crippen molar-refractivity contribution >= 4 is 49.6 Å². The summed E-state index contributed by atoms with van der Waals surface area (Å²) in [4.78, 5) is 0. The van der Waals surface area contributed by atoms with Gasteiger partial charge in [-0.1, -0.05) is 141 Å². The van der Waals surface area contributed by atoms with Crippen LogP contribution in [0.1, 0.15) is 36.1 Å². The molecule has 8 aromatic carbocycles. The van der Waals surface area contributed by atoms with Gasteiger partial charge in [0.15, 0.2) is 0 Å². The molecule has 10 rings (SSSR count). The zero-order chi connectivity index (χ0) is 34.1. The molecule has 0 saturated heterocycles. The van der Waals surface area contributed by atoms with Crippen LogP contribution >= 0.6 is 0 Å². The van der Waals surface area contributed by atoms with Crippen molar-refractivity contribution in [3.63, 3.8) is 0 Å². The number of benzene rings is 8. The lowest BCUT2D eigenvalue weighted by Crippen LogP contribution is -2.14. The van der Waals surface area contributed by atoms with Crippen LogP contribution in [0.4, 0.5) is 0 Å². The van der Waals surface area contributed by atoms with Crippen LogP contribution in [0.5, 0.6) is 0 Å². The van der Waals surface area contributed by atoms with E-state index in [0.29, 0.717) is 0 Å². The fourth-order valence-corrected chi connectivity index (χ4v) is 8.37. The van der Waals surface area contributed by atoms with Crippen molar-refractivity contribution in [3.8, 4) is 33.4 Å². The summed E-state index contributed by atoms with van der Waals surface area (Å²) in [6, 6.07) is 57.7. The highest BCUT2D eigenvalue weighted by atomic mass is 16.3. The first-order chi connectivity index (χ1) is 25.0. The van der Waals surface area contributed by atoms with Crippen LogP contribution in [0.2, 0.25) is 0 Å². The molecule has 51 heavy (non-hydrogen) atoms. The van der Waals surface area contributed by atoms with Gasteiger partial charge >= 0.3 is 0 Å². The molecule has 1 heteroatoms. The quantitative estimate of drug-likeness (QED) is 0.180. The molecular weight excluding hydrogens is 617 g/mol. The van der Waals surface area contributed by atoms with E-state index < -0.39 is 0 Å². The molecule has 0 fully saturated rings. The molecule has 0 amide bonds. The van der Waals surface area contributed by atoms with Crippen molar-refractivity contribution in [1.82, 2.24) is 0 Å². The van der Waals surface area contributed by atoms with E-state index in [2.05, 4.69) is 184 Å². The van der Waals surface area contributed by atoms with Gasteiger partial charge in [-0.15, -0.1) is 0 Å². The maximum absolute atomic E-state index is 6.26. The summed E-state index contributed by atoms with van der Waals surface area (Å²) in [5, 5.41) is 7.34. The molecule has 0 radical (unpaired) electrons. The second-order valence-electron chi connectivity index (χ2n) is 14.5. The van der Waals surface area contributed by atoms with Gasteiger partial charge in [-0.25, -0.2) is 0 Å². The summed E-state index contributed by atoms with van der Waals surface area (Å²) in [5.41, 5.74) is 14.8. The van der Waals surface area contributed by atoms with Crippen LogP contribution in [0.3, 0.4) is 0 Å². The Bertz CT molecular complexity index is 2860. The fraction of sp³-hybridized carbons (Fsp3) is 0.0800. The van der Waals surface area contributed by atoms with E-state index >= 15 is 0 Å². The zero-order valence-electron chi connectivity index (χ0n) is 28.8. The Labute approximate surface area is 298 Å². The third-order valence-electron chi connectivity index (χ3n) is 11.0. The highest BCUT2D eigenvalue weighted by Gasteiger charge is 2.37. The van der Waals surface area contributed by atoms with Crippen LogP contribution in [0.15, 0.2) is 168 Å². The van der Waals surface area contributed by atoms with Gasteiger partial charge in [-0.2, -0.15) is 0 Å². The van der Waals surface area contributed by atoms with Gasteiger partial charge in [-0.05, 0) is 126 Å². The predicted octanol–water partition coefficient (Wildman–Crippen LogP) is 13.8. The molecule has 242 valence electrons. The number of furan rings is 1. The number of hydrogen-bond acceptors (Lipinski definition) is 1. The van der Waals surface area contributed by atoms with Gasteiger partial charge in [0.1, 0.15) is 11.2 Å². The molecule has 9 aromatic rings. The van der Waals surface area contributed by atoms with Crippen molar-refractivity contribution in [3.05, 3.63) is 186 Å². The molecular formula is C50H36O. The molecule has 1 nitrogen and oxygen atoms in total. The Morgan fingerprint density at radius 2 is 1.18 bits per heavy atom. The number of fused-ring (bicyclic) bond motifs is 8. The monoisotopic (exact) mass is 652 g/mol. The molecule has 0 N–H and O–H groups in total. The first-order valence-electron chi connectivity index (χ1n) is 17.9. The highest BCUT2D eigenvalue weighted by molar-refractivity contribution is 6.11. The van der Waals surface area contributed by atoms with E-state index in [9.17, 15) is 0 Å². The topological polar surface area (TPSA) is 13.1 Å². The normalized spacial score (nSPS) is 13.5. The van der Waals surface area contributed by atoms with Crippen LogP contribution in [0.25, 0.3) is 82.9 Å². The summed E-state index contributed by atoms with van der Waals surface area (Å²) in [6.45, 7) is 4.73. The second-order valence-corrected chi connectivity index (χ2v) is 14.5. The lowest BCUT2D eigenvalue weighted by Gasteiger charge is -2.22. The maximum atomic E-state index is 6.26. The molecule has 1 aromatic heterocycles. The summed E-state index contributed by atoms with van der Waals surface area (Å²) < 4.78 is 6.26. The van der Waals surface area contributed by atoms with Gasteiger partial charge in [0.25, 0.3) is 0 Å². The largest absolute Gasteiger partial charge is 0.456 e. The molecule has 1 aliphatic carbocycles. The second kappa shape index (κ2) is 11.4. The average Bonchev–Trinajstić information content (AvgIpc) is 3.63. The lowest BCUT2D eigenvalue weighted by molar-refractivity contribution is 0.661. The molecule has 0 unspecified atom stereocenters. The zero-order valence-corrected chi connectivity index (χ0v) is 28.8. The maximum Gasteiger partial charge on any atom is 0.136 e. The molecule has 1 heterocycles. The lowest BCUT2D eigenvalue weighted by atomic mass is 9.81.